The van der Waals surface area contributed by atoms with Gasteiger partial charge in [-0.1, -0.05) is 38.1 Å². The number of hydrogen-bond acceptors (Lipinski definition) is 3. The standard InChI is InChI=1S/C26H33IN2O2/c1-19(2)26(31)28-24-7-5-6-22(18-24)20-13-16-29(17-14-20)15-4-3-8-25(30)21-9-11-23(27)12-10-21/h5-7,9-12,18-20H,3-4,8,13-17H2,1-2H3,(H,28,31). The van der Waals surface area contributed by atoms with Crippen molar-refractivity contribution in [3.63, 3.8) is 0 Å². The van der Waals surface area contributed by atoms with E-state index in [9.17, 15) is 9.59 Å². The van der Waals surface area contributed by atoms with Gasteiger partial charge in [0.1, 0.15) is 0 Å². The van der Waals surface area contributed by atoms with Crippen LogP contribution in [0.3, 0.4) is 0 Å². The zero-order valence-electron chi connectivity index (χ0n) is 18.6. The Hall–Kier alpha value is -1.73. The minimum absolute atomic E-state index is 0.0150. The number of hydrogen-bond donors (Lipinski definition) is 1. The van der Waals surface area contributed by atoms with Crippen LogP contribution in [0.5, 0.6) is 0 Å². The maximum Gasteiger partial charge on any atom is 0.226 e. The summed E-state index contributed by atoms with van der Waals surface area (Å²) in [7, 11) is 0. The fraction of sp³-hybridized carbons (Fsp3) is 0.462. The van der Waals surface area contributed by atoms with Gasteiger partial charge in [0.2, 0.25) is 5.91 Å². The first-order valence-corrected chi connectivity index (χ1v) is 12.4. The van der Waals surface area contributed by atoms with Crippen LogP contribution in [-0.2, 0) is 4.79 Å². The molecule has 0 spiro atoms. The Morgan fingerprint density at radius 1 is 1.06 bits per heavy atom. The summed E-state index contributed by atoms with van der Waals surface area (Å²) in [4.78, 5) is 26.8. The predicted octanol–water partition coefficient (Wildman–Crippen LogP) is 6.12. The topological polar surface area (TPSA) is 49.4 Å². The van der Waals surface area contributed by atoms with Gasteiger partial charge in [-0.05, 0) is 104 Å². The minimum atomic E-state index is -0.0150. The van der Waals surface area contributed by atoms with Crippen molar-refractivity contribution in [1.82, 2.24) is 4.90 Å². The lowest BCUT2D eigenvalue weighted by atomic mass is 9.89. The summed E-state index contributed by atoms with van der Waals surface area (Å²) in [5.41, 5.74) is 3.05. The van der Waals surface area contributed by atoms with Crippen molar-refractivity contribution in [2.45, 2.75) is 51.9 Å². The first-order chi connectivity index (χ1) is 14.9. The number of amides is 1. The SMILES string of the molecule is CC(C)C(=O)Nc1cccc(C2CCN(CCCCC(=O)c3ccc(I)cc3)CC2)c1. The van der Waals surface area contributed by atoms with E-state index in [2.05, 4.69) is 44.9 Å². The third-order valence-electron chi connectivity index (χ3n) is 6.03. The molecule has 2 aromatic rings. The van der Waals surface area contributed by atoms with Gasteiger partial charge in [0.05, 0.1) is 0 Å². The van der Waals surface area contributed by atoms with Crippen LogP contribution in [0.4, 0.5) is 5.69 Å². The van der Waals surface area contributed by atoms with E-state index in [1.807, 2.05) is 50.2 Å². The van der Waals surface area contributed by atoms with Crippen molar-refractivity contribution in [3.8, 4) is 0 Å². The first kappa shape index (κ1) is 23.9. The molecule has 5 heteroatoms. The van der Waals surface area contributed by atoms with Crippen LogP contribution in [0.2, 0.25) is 0 Å². The molecule has 4 nitrogen and oxygen atoms in total. The molecule has 2 aromatic carbocycles. The molecule has 166 valence electrons. The van der Waals surface area contributed by atoms with Crippen LogP contribution in [0.15, 0.2) is 48.5 Å². The van der Waals surface area contributed by atoms with Gasteiger partial charge < -0.3 is 10.2 Å². The average molecular weight is 532 g/mol. The van der Waals surface area contributed by atoms with Crippen LogP contribution in [0.1, 0.15) is 67.8 Å². The van der Waals surface area contributed by atoms with Crippen LogP contribution in [-0.4, -0.2) is 36.2 Å². The lowest BCUT2D eigenvalue weighted by Gasteiger charge is -2.32. The maximum atomic E-state index is 12.3. The van der Waals surface area contributed by atoms with E-state index in [4.69, 9.17) is 0 Å². The number of halogens is 1. The molecule has 1 fully saturated rings. The summed E-state index contributed by atoms with van der Waals surface area (Å²) in [6, 6.07) is 16.2. The van der Waals surface area contributed by atoms with Crippen molar-refractivity contribution in [1.29, 1.82) is 0 Å². The molecule has 0 radical (unpaired) electrons. The number of nitrogens with one attached hydrogen (secondary N) is 1. The number of Topliss-reactive ketones (excluding diaryl/α,β-unsaturated/α-hetero) is 1. The lowest BCUT2D eigenvalue weighted by Crippen LogP contribution is -2.33. The Morgan fingerprint density at radius 3 is 2.45 bits per heavy atom. The number of unbranched alkanes of at least 4 members (excludes halogenated alkanes) is 1. The van der Waals surface area contributed by atoms with E-state index in [1.54, 1.807) is 0 Å². The van der Waals surface area contributed by atoms with Gasteiger partial charge in [-0.2, -0.15) is 0 Å². The number of rotatable bonds is 9. The highest BCUT2D eigenvalue weighted by molar-refractivity contribution is 14.1. The summed E-state index contributed by atoms with van der Waals surface area (Å²) >= 11 is 2.26. The highest BCUT2D eigenvalue weighted by Gasteiger charge is 2.21. The third kappa shape index (κ3) is 7.42. The Balaban J connectivity index is 1.38. The second kappa shape index (κ2) is 11.8. The van der Waals surface area contributed by atoms with Crippen molar-refractivity contribution in [2.24, 2.45) is 5.92 Å². The smallest absolute Gasteiger partial charge is 0.226 e. The molecule has 0 bridgehead atoms. The van der Waals surface area contributed by atoms with E-state index < -0.39 is 0 Å². The van der Waals surface area contributed by atoms with Crippen molar-refractivity contribution < 1.29 is 9.59 Å². The highest BCUT2D eigenvalue weighted by Crippen LogP contribution is 2.29. The van der Waals surface area contributed by atoms with Crippen LogP contribution in [0, 0.1) is 9.49 Å². The second-order valence-electron chi connectivity index (χ2n) is 8.77. The van der Waals surface area contributed by atoms with E-state index in [0.29, 0.717) is 12.3 Å². The molecule has 1 N–H and O–H groups in total. The molecule has 3 rings (SSSR count). The van der Waals surface area contributed by atoms with Crippen molar-refractivity contribution in [2.75, 3.05) is 25.0 Å². The Labute approximate surface area is 199 Å². The van der Waals surface area contributed by atoms with E-state index in [1.165, 1.54) is 5.56 Å². The van der Waals surface area contributed by atoms with Gasteiger partial charge in [-0.3, -0.25) is 9.59 Å². The van der Waals surface area contributed by atoms with Gasteiger partial charge in [0, 0.05) is 27.2 Å². The normalized spacial score (nSPS) is 15.2. The molecule has 0 aliphatic carbocycles. The number of likely N-dealkylation sites (tertiary alicyclic amines) is 1. The lowest BCUT2D eigenvalue weighted by molar-refractivity contribution is -0.118. The number of benzene rings is 2. The van der Waals surface area contributed by atoms with Gasteiger partial charge >= 0.3 is 0 Å². The molecule has 0 atom stereocenters. The largest absolute Gasteiger partial charge is 0.326 e. The Morgan fingerprint density at radius 2 is 1.77 bits per heavy atom. The fourth-order valence-corrected chi connectivity index (χ4v) is 4.41. The molecular formula is C26H33IN2O2. The summed E-state index contributed by atoms with van der Waals surface area (Å²) in [6.07, 6.45) is 4.93. The number of anilines is 1. The van der Waals surface area contributed by atoms with E-state index >= 15 is 0 Å². The number of ketones is 1. The number of carbonyl (C=O) groups excluding carboxylic acids is 2. The van der Waals surface area contributed by atoms with Crippen LogP contribution >= 0.6 is 22.6 Å². The fourth-order valence-electron chi connectivity index (χ4n) is 4.05. The number of piperidine rings is 1. The minimum Gasteiger partial charge on any atom is -0.326 e. The quantitative estimate of drug-likeness (QED) is 0.241. The number of carbonyl (C=O) groups is 2. The van der Waals surface area contributed by atoms with Gasteiger partial charge in [0.15, 0.2) is 5.78 Å². The zero-order chi connectivity index (χ0) is 22.2. The Bertz CT molecular complexity index is 871. The zero-order valence-corrected chi connectivity index (χ0v) is 20.7. The van der Waals surface area contributed by atoms with E-state index in [0.717, 1.165) is 60.1 Å². The monoisotopic (exact) mass is 532 g/mol. The molecule has 1 aliphatic heterocycles. The maximum absolute atomic E-state index is 12.3. The summed E-state index contributed by atoms with van der Waals surface area (Å²) < 4.78 is 1.16. The van der Waals surface area contributed by atoms with Gasteiger partial charge in [-0.15, -0.1) is 0 Å². The second-order valence-corrected chi connectivity index (χ2v) is 10.0. The van der Waals surface area contributed by atoms with Crippen molar-refractivity contribution in [3.05, 3.63) is 63.2 Å². The first-order valence-electron chi connectivity index (χ1n) is 11.3. The molecule has 1 saturated heterocycles. The summed E-state index contributed by atoms with van der Waals surface area (Å²) in [5, 5.41) is 3.01. The molecule has 0 saturated carbocycles. The molecule has 0 unspecified atom stereocenters. The van der Waals surface area contributed by atoms with Crippen LogP contribution in [0.25, 0.3) is 0 Å². The molecular weight excluding hydrogens is 499 g/mol. The van der Waals surface area contributed by atoms with Crippen LogP contribution < -0.4 is 5.32 Å². The summed E-state index contributed by atoms with van der Waals surface area (Å²) in [5.74, 6) is 0.848. The molecule has 1 amide bonds. The average Bonchev–Trinajstić information content (AvgIpc) is 2.77. The molecule has 31 heavy (non-hydrogen) atoms. The summed E-state index contributed by atoms with van der Waals surface area (Å²) in [6.45, 7) is 7.08. The third-order valence-corrected chi connectivity index (χ3v) is 6.75. The van der Waals surface area contributed by atoms with Crippen molar-refractivity contribution >= 4 is 40.0 Å². The Kier molecular flexibility index (Phi) is 9.08. The van der Waals surface area contributed by atoms with Gasteiger partial charge in [0.25, 0.3) is 0 Å². The highest BCUT2D eigenvalue weighted by atomic mass is 127. The molecule has 1 heterocycles. The van der Waals surface area contributed by atoms with Gasteiger partial charge in [-0.25, -0.2) is 0 Å². The predicted molar refractivity (Wildman–Crippen MR) is 136 cm³/mol. The van der Waals surface area contributed by atoms with E-state index in [-0.39, 0.29) is 17.6 Å². The molecule has 0 aromatic heterocycles. The number of nitrogens with zero attached hydrogens (tertiary/aromatic N) is 1. The molecule has 1 aliphatic rings.